The van der Waals surface area contributed by atoms with E-state index in [1.807, 2.05) is 0 Å². The van der Waals surface area contributed by atoms with Gasteiger partial charge in [0.25, 0.3) is 5.91 Å². The zero-order chi connectivity index (χ0) is 17.0. The summed E-state index contributed by atoms with van der Waals surface area (Å²) in [6.07, 6.45) is 3.35. The van der Waals surface area contributed by atoms with Crippen LogP contribution in [-0.4, -0.2) is 37.3 Å². The summed E-state index contributed by atoms with van der Waals surface area (Å²) >= 11 is 0. The van der Waals surface area contributed by atoms with Crippen molar-refractivity contribution in [2.24, 2.45) is 5.73 Å². The molecule has 3 N–H and O–H groups in total. The Bertz CT molecular complexity index is 787. The molecule has 1 aromatic carbocycles. The molecule has 0 aliphatic rings. The van der Waals surface area contributed by atoms with Crippen LogP contribution in [0, 0.1) is 0 Å². The number of rotatable bonds is 7. The van der Waals surface area contributed by atoms with Crippen molar-refractivity contribution in [1.82, 2.24) is 14.5 Å². The van der Waals surface area contributed by atoms with Crippen molar-refractivity contribution >= 4 is 15.9 Å². The first-order chi connectivity index (χ1) is 10.8. The van der Waals surface area contributed by atoms with E-state index >= 15 is 0 Å². The summed E-state index contributed by atoms with van der Waals surface area (Å²) in [5.74, 6) is -0.537. The van der Waals surface area contributed by atoms with E-state index in [1.165, 1.54) is 25.3 Å². The van der Waals surface area contributed by atoms with Crippen LogP contribution in [-0.2, 0) is 16.6 Å². The lowest BCUT2D eigenvalue weighted by molar-refractivity contribution is 0.0997. The van der Waals surface area contributed by atoms with E-state index in [0.29, 0.717) is 6.54 Å². The monoisotopic (exact) mass is 338 g/mol. The SMILES string of the molecule is COc1ccc(S(=O)(=O)NC(C)Cn2cccn2)cc1C(N)=O. The third kappa shape index (κ3) is 4.08. The number of nitrogens with zero attached hydrogens (tertiary/aromatic N) is 2. The highest BCUT2D eigenvalue weighted by molar-refractivity contribution is 7.89. The molecule has 0 radical (unpaired) electrons. The zero-order valence-corrected chi connectivity index (χ0v) is 13.6. The summed E-state index contributed by atoms with van der Waals surface area (Å²) in [5.41, 5.74) is 5.26. The summed E-state index contributed by atoms with van der Waals surface area (Å²) in [6.45, 7) is 2.10. The molecule has 1 unspecified atom stereocenters. The number of aromatic nitrogens is 2. The van der Waals surface area contributed by atoms with E-state index in [0.717, 1.165) is 0 Å². The molecule has 8 nitrogen and oxygen atoms in total. The van der Waals surface area contributed by atoms with Crippen molar-refractivity contribution in [3.05, 3.63) is 42.2 Å². The van der Waals surface area contributed by atoms with Crippen LogP contribution in [0.5, 0.6) is 5.75 Å². The number of carbonyl (C=O) groups is 1. The minimum atomic E-state index is -3.80. The predicted molar refractivity (Wildman–Crippen MR) is 83.5 cm³/mol. The van der Waals surface area contributed by atoms with E-state index in [4.69, 9.17) is 10.5 Å². The first kappa shape index (κ1) is 17.0. The average molecular weight is 338 g/mol. The minimum absolute atomic E-state index is 0.00936. The third-order valence-electron chi connectivity index (χ3n) is 3.12. The van der Waals surface area contributed by atoms with Crippen molar-refractivity contribution in [3.63, 3.8) is 0 Å². The number of carbonyl (C=O) groups excluding carboxylic acids is 1. The van der Waals surface area contributed by atoms with Gasteiger partial charge in [0, 0.05) is 18.4 Å². The number of methoxy groups -OCH3 is 1. The van der Waals surface area contributed by atoms with E-state index in [2.05, 4.69) is 9.82 Å². The molecule has 0 saturated carbocycles. The molecule has 2 aromatic rings. The zero-order valence-electron chi connectivity index (χ0n) is 12.8. The van der Waals surface area contributed by atoms with Crippen LogP contribution in [0.4, 0.5) is 0 Å². The van der Waals surface area contributed by atoms with Gasteiger partial charge in [-0.25, -0.2) is 13.1 Å². The highest BCUT2D eigenvalue weighted by Crippen LogP contribution is 2.22. The maximum atomic E-state index is 12.4. The van der Waals surface area contributed by atoms with Gasteiger partial charge in [0.2, 0.25) is 10.0 Å². The Balaban J connectivity index is 2.22. The van der Waals surface area contributed by atoms with Crippen LogP contribution < -0.4 is 15.2 Å². The molecule has 0 aliphatic heterocycles. The van der Waals surface area contributed by atoms with Gasteiger partial charge in [-0.15, -0.1) is 0 Å². The Labute approximate surface area is 134 Å². The van der Waals surface area contributed by atoms with Gasteiger partial charge in [-0.2, -0.15) is 5.10 Å². The normalized spacial score (nSPS) is 12.8. The number of ether oxygens (including phenoxy) is 1. The van der Waals surface area contributed by atoms with Gasteiger partial charge < -0.3 is 10.5 Å². The molecule has 0 saturated heterocycles. The minimum Gasteiger partial charge on any atom is -0.496 e. The lowest BCUT2D eigenvalue weighted by atomic mass is 10.2. The second kappa shape index (κ2) is 6.80. The quantitative estimate of drug-likeness (QED) is 0.756. The van der Waals surface area contributed by atoms with E-state index in [-0.39, 0.29) is 22.3 Å². The fraction of sp³-hybridized carbons (Fsp3) is 0.286. The Morgan fingerprint density at radius 2 is 2.22 bits per heavy atom. The molecule has 0 bridgehead atoms. The van der Waals surface area contributed by atoms with Gasteiger partial charge in [-0.05, 0) is 31.2 Å². The molecule has 9 heteroatoms. The Hall–Kier alpha value is -2.39. The lowest BCUT2D eigenvalue weighted by Gasteiger charge is -2.15. The summed E-state index contributed by atoms with van der Waals surface area (Å²) in [4.78, 5) is 11.4. The highest BCUT2D eigenvalue weighted by Gasteiger charge is 2.20. The van der Waals surface area contributed by atoms with Gasteiger partial charge in [-0.1, -0.05) is 0 Å². The van der Waals surface area contributed by atoms with Gasteiger partial charge in [-0.3, -0.25) is 9.48 Å². The van der Waals surface area contributed by atoms with Crippen LogP contribution >= 0.6 is 0 Å². The summed E-state index contributed by atoms with van der Waals surface area (Å²) < 4.78 is 34.0. The van der Waals surface area contributed by atoms with Gasteiger partial charge >= 0.3 is 0 Å². The fourth-order valence-corrected chi connectivity index (χ4v) is 3.37. The van der Waals surface area contributed by atoms with Crippen molar-refractivity contribution < 1.29 is 17.9 Å². The molecule has 0 aliphatic carbocycles. The maximum absolute atomic E-state index is 12.4. The summed E-state index contributed by atoms with van der Waals surface area (Å²) in [6, 6.07) is 5.31. The molecule has 1 aromatic heterocycles. The Morgan fingerprint density at radius 3 is 2.78 bits per heavy atom. The second-order valence-corrected chi connectivity index (χ2v) is 6.69. The average Bonchev–Trinajstić information content (AvgIpc) is 2.98. The number of benzene rings is 1. The van der Waals surface area contributed by atoms with Crippen LogP contribution in [0.1, 0.15) is 17.3 Å². The van der Waals surface area contributed by atoms with Crippen molar-refractivity contribution in [1.29, 1.82) is 0 Å². The van der Waals surface area contributed by atoms with Crippen molar-refractivity contribution in [2.45, 2.75) is 24.4 Å². The van der Waals surface area contributed by atoms with Crippen LogP contribution in [0.2, 0.25) is 0 Å². The highest BCUT2D eigenvalue weighted by atomic mass is 32.2. The number of hydrogen-bond acceptors (Lipinski definition) is 5. The Kier molecular flexibility index (Phi) is 5.02. The van der Waals surface area contributed by atoms with Gasteiger partial charge in [0.1, 0.15) is 5.75 Å². The van der Waals surface area contributed by atoms with Crippen LogP contribution in [0.25, 0.3) is 0 Å². The van der Waals surface area contributed by atoms with E-state index in [9.17, 15) is 13.2 Å². The molecule has 1 amide bonds. The van der Waals surface area contributed by atoms with Crippen LogP contribution in [0.3, 0.4) is 0 Å². The summed E-state index contributed by atoms with van der Waals surface area (Å²) in [7, 11) is -2.42. The number of primary amides is 1. The van der Waals surface area contributed by atoms with Crippen molar-refractivity contribution in [2.75, 3.05) is 7.11 Å². The number of nitrogens with one attached hydrogen (secondary N) is 1. The topological polar surface area (TPSA) is 116 Å². The fourth-order valence-electron chi connectivity index (χ4n) is 2.11. The number of nitrogens with two attached hydrogens (primary N) is 1. The van der Waals surface area contributed by atoms with Crippen molar-refractivity contribution in [3.8, 4) is 5.75 Å². The molecule has 0 spiro atoms. The van der Waals surface area contributed by atoms with Gasteiger partial charge in [0.15, 0.2) is 0 Å². The first-order valence-electron chi connectivity index (χ1n) is 6.81. The molecule has 1 heterocycles. The first-order valence-corrected chi connectivity index (χ1v) is 8.29. The number of amides is 1. The Morgan fingerprint density at radius 1 is 1.48 bits per heavy atom. The molecule has 124 valence electrons. The van der Waals surface area contributed by atoms with E-state index in [1.54, 1.807) is 30.1 Å². The molecular weight excluding hydrogens is 320 g/mol. The maximum Gasteiger partial charge on any atom is 0.252 e. The largest absolute Gasteiger partial charge is 0.496 e. The third-order valence-corrected chi connectivity index (χ3v) is 4.71. The predicted octanol–water partition coefficient (Wildman–Crippen LogP) is 0.358. The smallest absolute Gasteiger partial charge is 0.252 e. The number of hydrogen-bond donors (Lipinski definition) is 2. The molecule has 0 fully saturated rings. The molecular formula is C14H18N4O4S. The van der Waals surface area contributed by atoms with E-state index < -0.39 is 15.9 Å². The lowest BCUT2D eigenvalue weighted by Crippen LogP contribution is -2.35. The molecule has 23 heavy (non-hydrogen) atoms. The summed E-state index contributed by atoms with van der Waals surface area (Å²) in [5, 5.41) is 4.02. The van der Waals surface area contributed by atoms with Gasteiger partial charge in [0.05, 0.1) is 24.1 Å². The molecule has 1 atom stereocenters. The van der Waals surface area contributed by atoms with Crippen LogP contribution in [0.15, 0.2) is 41.6 Å². The standard InChI is InChI=1S/C14H18N4O4S/c1-10(9-18-7-3-6-16-18)17-23(20,21)11-4-5-13(22-2)12(8-11)14(15)19/h3-8,10,17H,9H2,1-2H3,(H2,15,19). The molecule has 2 rings (SSSR count). The second-order valence-electron chi connectivity index (χ2n) is 4.98. The number of sulfonamides is 1.